The molecule has 0 saturated heterocycles. The third-order valence-corrected chi connectivity index (χ3v) is 2.26. The molecule has 0 aliphatic carbocycles. The van der Waals surface area contributed by atoms with Crippen LogP contribution in [0.15, 0.2) is 16.6 Å². The van der Waals surface area contributed by atoms with Crippen LogP contribution in [0, 0.1) is 0 Å². The molecule has 4 nitrogen and oxygen atoms in total. The first-order chi connectivity index (χ1) is 6.60. The van der Waals surface area contributed by atoms with E-state index in [0.717, 1.165) is 0 Å². The Morgan fingerprint density at radius 2 is 2.07 bits per heavy atom. The third-order valence-electron chi connectivity index (χ3n) is 1.68. The van der Waals surface area contributed by atoms with Crippen LogP contribution in [-0.4, -0.2) is 20.2 Å². The minimum Gasteiger partial charge on any atom is -0.495 e. The first-order valence-corrected chi connectivity index (χ1v) is 4.60. The first kappa shape index (κ1) is 10.8. The third kappa shape index (κ3) is 1.98. The summed E-state index contributed by atoms with van der Waals surface area (Å²) in [5.74, 6) is -0.0547. The van der Waals surface area contributed by atoms with Crippen LogP contribution < -0.4 is 10.5 Å². The molecule has 0 fully saturated rings. The number of halogens is 1. The molecule has 5 heteroatoms. The van der Waals surface area contributed by atoms with Crippen molar-refractivity contribution in [3.05, 3.63) is 22.2 Å². The van der Waals surface area contributed by atoms with Crippen LogP contribution in [0.1, 0.15) is 10.4 Å². The van der Waals surface area contributed by atoms with Crippen molar-refractivity contribution >= 4 is 27.6 Å². The molecule has 0 heterocycles. The average molecular weight is 260 g/mol. The maximum absolute atomic E-state index is 11.3. The van der Waals surface area contributed by atoms with E-state index in [2.05, 4.69) is 20.7 Å². The molecule has 1 aromatic carbocycles. The molecular formula is C9H10BrNO3. The molecule has 1 aromatic rings. The average Bonchev–Trinajstić information content (AvgIpc) is 2.15. The van der Waals surface area contributed by atoms with E-state index in [4.69, 9.17) is 10.5 Å². The number of methoxy groups -OCH3 is 2. The summed E-state index contributed by atoms with van der Waals surface area (Å²) in [6.45, 7) is 0. The molecule has 0 atom stereocenters. The highest BCUT2D eigenvalue weighted by molar-refractivity contribution is 9.10. The van der Waals surface area contributed by atoms with E-state index >= 15 is 0 Å². The standard InChI is InChI=1S/C9H10BrNO3/c1-13-8-6(9(12)14-2)3-5(11)4-7(8)10/h3-4H,11H2,1-2H3. The van der Waals surface area contributed by atoms with Crippen LogP contribution in [-0.2, 0) is 4.74 Å². The number of hydrogen-bond donors (Lipinski definition) is 1. The normalized spacial score (nSPS) is 9.64. The maximum atomic E-state index is 11.3. The van der Waals surface area contributed by atoms with Crippen molar-refractivity contribution < 1.29 is 14.3 Å². The lowest BCUT2D eigenvalue weighted by molar-refractivity contribution is 0.0597. The van der Waals surface area contributed by atoms with E-state index in [9.17, 15) is 4.79 Å². The summed E-state index contributed by atoms with van der Waals surface area (Å²) >= 11 is 3.24. The minimum absolute atomic E-state index is 0.307. The molecule has 0 unspecified atom stereocenters. The van der Waals surface area contributed by atoms with Gasteiger partial charge in [-0.3, -0.25) is 0 Å². The lowest BCUT2D eigenvalue weighted by Gasteiger charge is -2.09. The van der Waals surface area contributed by atoms with Gasteiger partial charge in [-0.05, 0) is 28.1 Å². The van der Waals surface area contributed by atoms with Crippen LogP contribution in [0.5, 0.6) is 5.75 Å². The van der Waals surface area contributed by atoms with Crippen molar-refractivity contribution in [3.63, 3.8) is 0 Å². The van der Waals surface area contributed by atoms with Gasteiger partial charge in [0.15, 0.2) is 0 Å². The molecule has 0 spiro atoms. The van der Waals surface area contributed by atoms with Crippen LogP contribution >= 0.6 is 15.9 Å². The number of ether oxygens (including phenoxy) is 2. The van der Waals surface area contributed by atoms with Crippen molar-refractivity contribution in [3.8, 4) is 5.75 Å². The Hall–Kier alpha value is -1.23. The predicted octanol–water partition coefficient (Wildman–Crippen LogP) is 1.83. The Kier molecular flexibility index (Phi) is 3.35. The second kappa shape index (κ2) is 4.32. The zero-order chi connectivity index (χ0) is 10.7. The van der Waals surface area contributed by atoms with Gasteiger partial charge in [0.1, 0.15) is 11.3 Å². The van der Waals surface area contributed by atoms with Crippen LogP contribution in [0.4, 0.5) is 5.69 Å². The number of nitrogens with two attached hydrogens (primary N) is 1. The Morgan fingerprint density at radius 1 is 1.43 bits per heavy atom. The van der Waals surface area contributed by atoms with Crippen LogP contribution in [0.2, 0.25) is 0 Å². The van der Waals surface area contributed by atoms with Crippen molar-refractivity contribution in [2.24, 2.45) is 0 Å². The molecule has 0 aromatic heterocycles. The van der Waals surface area contributed by atoms with Crippen molar-refractivity contribution in [2.75, 3.05) is 20.0 Å². The van der Waals surface area contributed by atoms with Gasteiger partial charge in [0.2, 0.25) is 0 Å². The predicted molar refractivity (Wildman–Crippen MR) is 56.4 cm³/mol. The molecule has 14 heavy (non-hydrogen) atoms. The van der Waals surface area contributed by atoms with E-state index in [1.807, 2.05) is 0 Å². The van der Waals surface area contributed by atoms with Crippen molar-refractivity contribution in [1.29, 1.82) is 0 Å². The van der Waals surface area contributed by atoms with Crippen molar-refractivity contribution in [2.45, 2.75) is 0 Å². The molecule has 0 saturated carbocycles. The van der Waals surface area contributed by atoms with Crippen LogP contribution in [0.25, 0.3) is 0 Å². The summed E-state index contributed by atoms with van der Waals surface area (Å²) in [5, 5.41) is 0. The number of hydrogen-bond acceptors (Lipinski definition) is 4. The van der Waals surface area contributed by atoms with Gasteiger partial charge < -0.3 is 15.2 Å². The number of benzene rings is 1. The minimum atomic E-state index is -0.477. The summed E-state index contributed by atoms with van der Waals surface area (Å²) in [5.41, 5.74) is 6.36. The Bertz CT molecular complexity index is 365. The van der Waals surface area contributed by atoms with E-state index in [-0.39, 0.29) is 0 Å². The van der Waals surface area contributed by atoms with Crippen molar-refractivity contribution in [1.82, 2.24) is 0 Å². The highest BCUT2D eigenvalue weighted by atomic mass is 79.9. The fourth-order valence-corrected chi connectivity index (χ4v) is 1.72. The topological polar surface area (TPSA) is 61.5 Å². The van der Waals surface area contributed by atoms with Gasteiger partial charge in [-0.2, -0.15) is 0 Å². The molecular weight excluding hydrogens is 250 g/mol. The quantitative estimate of drug-likeness (QED) is 0.650. The first-order valence-electron chi connectivity index (χ1n) is 3.81. The maximum Gasteiger partial charge on any atom is 0.341 e. The zero-order valence-corrected chi connectivity index (χ0v) is 9.42. The Balaban J connectivity index is 3.32. The molecule has 0 aliphatic heterocycles. The van der Waals surface area contributed by atoms with Gasteiger partial charge in [-0.25, -0.2) is 4.79 Å². The second-order valence-corrected chi connectivity index (χ2v) is 3.43. The number of carbonyl (C=O) groups excluding carboxylic acids is 1. The van der Waals surface area contributed by atoms with Gasteiger partial charge in [0, 0.05) is 5.69 Å². The highest BCUT2D eigenvalue weighted by Gasteiger charge is 2.16. The Morgan fingerprint density at radius 3 is 2.57 bits per heavy atom. The van der Waals surface area contributed by atoms with Gasteiger partial charge in [-0.1, -0.05) is 0 Å². The molecule has 1 rings (SSSR count). The number of nitrogen functional groups attached to an aromatic ring is 1. The summed E-state index contributed by atoms with van der Waals surface area (Å²) in [4.78, 5) is 11.3. The molecule has 0 aliphatic rings. The lowest BCUT2D eigenvalue weighted by Crippen LogP contribution is -2.05. The summed E-state index contributed by atoms with van der Waals surface area (Å²) in [6, 6.07) is 3.17. The van der Waals surface area contributed by atoms with Gasteiger partial charge in [-0.15, -0.1) is 0 Å². The van der Waals surface area contributed by atoms with E-state index in [1.165, 1.54) is 20.3 Å². The smallest absolute Gasteiger partial charge is 0.341 e. The zero-order valence-electron chi connectivity index (χ0n) is 7.83. The van der Waals surface area contributed by atoms with E-state index in [1.54, 1.807) is 6.07 Å². The SMILES string of the molecule is COC(=O)c1cc(N)cc(Br)c1OC. The largest absolute Gasteiger partial charge is 0.495 e. The molecule has 0 bridgehead atoms. The monoisotopic (exact) mass is 259 g/mol. The Labute approximate surface area is 90.1 Å². The number of anilines is 1. The van der Waals surface area contributed by atoms with E-state index in [0.29, 0.717) is 21.5 Å². The molecule has 0 radical (unpaired) electrons. The molecule has 0 amide bonds. The number of esters is 1. The van der Waals surface area contributed by atoms with Gasteiger partial charge in [0.05, 0.1) is 18.7 Å². The summed E-state index contributed by atoms with van der Waals surface area (Å²) in [7, 11) is 2.78. The fraction of sp³-hybridized carbons (Fsp3) is 0.222. The second-order valence-electron chi connectivity index (χ2n) is 2.58. The lowest BCUT2D eigenvalue weighted by atomic mass is 10.2. The highest BCUT2D eigenvalue weighted by Crippen LogP contribution is 2.31. The number of carbonyl (C=O) groups is 1. The molecule has 76 valence electrons. The number of rotatable bonds is 2. The molecule has 2 N–H and O–H groups in total. The van der Waals surface area contributed by atoms with Crippen LogP contribution in [0.3, 0.4) is 0 Å². The summed E-state index contributed by atoms with van der Waals surface area (Å²) < 4.78 is 10.3. The summed E-state index contributed by atoms with van der Waals surface area (Å²) in [6.07, 6.45) is 0. The fourth-order valence-electron chi connectivity index (χ4n) is 1.08. The van der Waals surface area contributed by atoms with Gasteiger partial charge in [0.25, 0.3) is 0 Å². The van der Waals surface area contributed by atoms with E-state index < -0.39 is 5.97 Å². The van der Waals surface area contributed by atoms with Gasteiger partial charge >= 0.3 is 5.97 Å².